The first-order valence-corrected chi connectivity index (χ1v) is 9.73. The van der Waals surface area contributed by atoms with E-state index in [0.717, 1.165) is 42.1 Å². The van der Waals surface area contributed by atoms with E-state index in [1.165, 1.54) is 11.3 Å². The van der Waals surface area contributed by atoms with Crippen LogP contribution < -0.4 is 9.46 Å². The first-order valence-electron chi connectivity index (χ1n) is 7.05. The molecule has 8 heteroatoms. The Kier molecular flexibility index (Phi) is 5.31. The Bertz CT molecular complexity index is 927. The average Bonchev–Trinajstić information content (AvgIpc) is 2.88. The smallest absolute Gasteiger partial charge is 0.125 e. The van der Waals surface area contributed by atoms with Crippen molar-refractivity contribution in [1.82, 2.24) is 9.71 Å². The summed E-state index contributed by atoms with van der Waals surface area (Å²) < 4.78 is 30.5. The number of fused-ring (bicyclic) bond motifs is 1. The summed E-state index contributed by atoms with van der Waals surface area (Å²) in [5.41, 5.74) is 3.72. The molecular formula is C16H14BrN2O3S2-. The highest BCUT2D eigenvalue weighted by atomic mass is 79.9. The number of methoxy groups -OCH3 is 1. The van der Waals surface area contributed by atoms with Crippen LogP contribution in [0.5, 0.6) is 5.75 Å². The van der Waals surface area contributed by atoms with Crippen molar-refractivity contribution in [2.75, 3.05) is 7.11 Å². The summed E-state index contributed by atoms with van der Waals surface area (Å²) in [7, 11) is 1.63. The lowest BCUT2D eigenvalue weighted by molar-refractivity contribution is 0.415. The van der Waals surface area contributed by atoms with Crippen LogP contribution in [-0.4, -0.2) is 20.9 Å². The van der Waals surface area contributed by atoms with E-state index in [2.05, 4.69) is 25.6 Å². The predicted octanol–water partition coefficient (Wildman–Crippen LogP) is 3.93. The molecule has 0 aliphatic carbocycles. The van der Waals surface area contributed by atoms with Crippen molar-refractivity contribution < 1.29 is 13.5 Å². The second-order valence-corrected chi connectivity index (χ2v) is 8.22. The minimum Gasteiger partial charge on any atom is -0.760 e. The monoisotopic (exact) mass is 425 g/mol. The van der Waals surface area contributed by atoms with Gasteiger partial charge in [-0.2, -0.15) is 0 Å². The van der Waals surface area contributed by atoms with Gasteiger partial charge >= 0.3 is 0 Å². The van der Waals surface area contributed by atoms with E-state index in [9.17, 15) is 8.76 Å². The molecule has 2 heterocycles. The van der Waals surface area contributed by atoms with E-state index < -0.39 is 11.3 Å². The third kappa shape index (κ3) is 3.52. The number of halogens is 1. The fourth-order valence-electron chi connectivity index (χ4n) is 2.60. The van der Waals surface area contributed by atoms with Crippen LogP contribution in [0.4, 0.5) is 0 Å². The highest BCUT2D eigenvalue weighted by Gasteiger charge is 2.17. The number of aryl methyl sites for hydroxylation is 1. The Morgan fingerprint density at radius 2 is 2.21 bits per heavy atom. The van der Waals surface area contributed by atoms with E-state index >= 15 is 0 Å². The van der Waals surface area contributed by atoms with Crippen LogP contribution in [0, 0.1) is 6.92 Å². The maximum atomic E-state index is 10.9. The van der Waals surface area contributed by atoms with Gasteiger partial charge < -0.3 is 9.29 Å². The Balaban J connectivity index is 2.23. The summed E-state index contributed by atoms with van der Waals surface area (Å²) in [4.78, 5) is 5.46. The quantitative estimate of drug-likeness (QED) is 0.628. The van der Waals surface area contributed by atoms with E-state index in [4.69, 9.17) is 4.74 Å². The molecule has 2 aromatic heterocycles. The predicted molar refractivity (Wildman–Crippen MR) is 99.8 cm³/mol. The Morgan fingerprint density at radius 3 is 2.92 bits per heavy atom. The second kappa shape index (κ2) is 7.28. The largest absolute Gasteiger partial charge is 0.760 e. The van der Waals surface area contributed by atoms with Crippen molar-refractivity contribution >= 4 is 48.7 Å². The van der Waals surface area contributed by atoms with Gasteiger partial charge in [-0.25, -0.2) is 9.71 Å². The standard InChI is InChI=1S/C16H15BrN2O3S2/c1-9-6-11(8-18-24(20)21)14-13(15(17)23-16(14)19-9)10-4-3-5-12(7-10)22-2/h3-7,18H,8H2,1-2H3,(H,20,21)/p-1. The molecule has 0 spiro atoms. The fourth-order valence-corrected chi connectivity index (χ4v) is 4.78. The molecule has 3 rings (SSSR count). The lowest BCUT2D eigenvalue weighted by Crippen LogP contribution is -2.16. The highest BCUT2D eigenvalue weighted by Crippen LogP contribution is 2.43. The van der Waals surface area contributed by atoms with Gasteiger partial charge in [-0.3, -0.25) is 4.21 Å². The molecule has 1 N–H and O–H groups in total. The van der Waals surface area contributed by atoms with Crippen LogP contribution in [0.3, 0.4) is 0 Å². The maximum absolute atomic E-state index is 10.9. The van der Waals surface area contributed by atoms with Crippen molar-refractivity contribution in [3.63, 3.8) is 0 Å². The molecule has 5 nitrogen and oxygen atoms in total. The van der Waals surface area contributed by atoms with E-state index in [1.54, 1.807) is 7.11 Å². The molecule has 126 valence electrons. The highest BCUT2D eigenvalue weighted by molar-refractivity contribution is 9.11. The Morgan fingerprint density at radius 1 is 1.42 bits per heavy atom. The average molecular weight is 426 g/mol. The lowest BCUT2D eigenvalue weighted by atomic mass is 10.0. The molecule has 1 atom stereocenters. The van der Waals surface area contributed by atoms with Crippen LogP contribution in [0.1, 0.15) is 11.3 Å². The molecule has 0 radical (unpaired) electrons. The summed E-state index contributed by atoms with van der Waals surface area (Å²) in [6.45, 7) is 2.12. The lowest BCUT2D eigenvalue weighted by Gasteiger charge is -2.11. The van der Waals surface area contributed by atoms with Crippen LogP contribution in [0.2, 0.25) is 0 Å². The van der Waals surface area contributed by atoms with Gasteiger partial charge in [0.1, 0.15) is 10.6 Å². The van der Waals surface area contributed by atoms with E-state index in [-0.39, 0.29) is 6.54 Å². The number of aromatic nitrogens is 1. The number of pyridine rings is 1. The SMILES string of the molecule is COc1cccc(-c2c(Br)sc3nc(C)cc(CNS(=O)[O-])c23)c1. The van der Waals surface area contributed by atoms with Crippen molar-refractivity contribution in [2.24, 2.45) is 0 Å². The molecule has 0 saturated carbocycles. The van der Waals surface area contributed by atoms with Gasteiger partial charge in [-0.1, -0.05) is 12.1 Å². The zero-order valence-corrected chi connectivity index (χ0v) is 16.2. The number of hydrogen-bond acceptors (Lipinski definition) is 5. The Labute approximate surface area is 154 Å². The topological polar surface area (TPSA) is 74.3 Å². The van der Waals surface area contributed by atoms with Gasteiger partial charge in [-0.05, 0) is 52.2 Å². The first kappa shape index (κ1) is 17.5. The Hall–Kier alpha value is -1.32. The number of hydrogen-bond donors (Lipinski definition) is 1. The first-order chi connectivity index (χ1) is 11.5. The van der Waals surface area contributed by atoms with Crippen molar-refractivity contribution in [2.45, 2.75) is 13.5 Å². The van der Waals surface area contributed by atoms with Crippen LogP contribution in [0.15, 0.2) is 34.1 Å². The molecule has 0 saturated heterocycles. The van der Waals surface area contributed by atoms with Gasteiger partial charge in [0.25, 0.3) is 0 Å². The molecule has 1 aromatic carbocycles. The molecular weight excluding hydrogens is 412 g/mol. The van der Waals surface area contributed by atoms with Gasteiger partial charge in [0.05, 0.1) is 10.9 Å². The zero-order chi connectivity index (χ0) is 17.3. The molecule has 1 unspecified atom stereocenters. The summed E-state index contributed by atoms with van der Waals surface area (Å²) in [6, 6.07) is 9.67. The number of benzene rings is 1. The minimum absolute atomic E-state index is 0.218. The van der Waals surface area contributed by atoms with Gasteiger partial charge in [-0.15, -0.1) is 11.3 Å². The normalized spacial score (nSPS) is 12.5. The summed E-state index contributed by atoms with van der Waals surface area (Å²) in [5, 5.41) is 0.948. The van der Waals surface area contributed by atoms with E-state index in [0.29, 0.717) is 0 Å². The molecule has 0 bridgehead atoms. The molecule has 0 fully saturated rings. The summed E-state index contributed by atoms with van der Waals surface area (Å²) in [6.07, 6.45) is 0. The molecule has 3 aromatic rings. The summed E-state index contributed by atoms with van der Waals surface area (Å²) >= 11 is 2.85. The van der Waals surface area contributed by atoms with Crippen LogP contribution in [0.25, 0.3) is 21.3 Å². The van der Waals surface area contributed by atoms with E-state index in [1.807, 2.05) is 37.3 Å². The number of rotatable bonds is 5. The van der Waals surface area contributed by atoms with Crippen molar-refractivity contribution in [3.05, 3.63) is 45.4 Å². The fraction of sp³-hybridized carbons (Fsp3) is 0.188. The molecule has 0 aliphatic heterocycles. The summed E-state index contributed by atoms with van der Waals surface area (Å²) in [5.74, 6) is 0.763. The minimum atomic E-state index is -2.31. The van der Waals surface area contributed by atoms with Crippen molar-refractivity contribution in [1.29, 1.82) is 0 Å². The van der Waals surface area contributed by atoms with Crippen LogP contribution in [-0.2, 0) is 17.8 Å². The third-order valence-electron chi connectivity index (χ3n) is 3.57. The van der Waals surface area contributed by atoms with Gasteiger partial charge in [0.2, 0.25) is 0 Å². The number of thiophene rings is 1. The molecule has 24 heavy (non-hydrogen) atoms. The van der Waals surface area contributed by atoms with Crippen LogP contribution >= 0.6 is 27.3 Å². The third-order valence-corrected chi connectivity index (χ3v) is 5.70. The number of ether oxygens (including phenoxy) is 1. The maximum Gasteiger partial charge on any atom is 0.125 e. The molecule has 0 amide bonds. The number of nitrogens with one attached hydrogen (secondary N) is 1. The number of nitrogens with zero attached hydrogens (tertiary/aromatic N) is 1. The van der Waals surface area contributed by atoms with Crippen molar-refractivity contribution in [3.8, 4) is 16.9 Å². The molecule has 0 aliphatic rings. The second-order valence-electron chi connectivity index (χ2n) is 5.14. The zero-order valence-electron chi connectivity index (χ0n) is 13.0. The van der Waals surface area contributed by atoms with Gasteiger partial charge in [0, 0.05) is 34.5 Å². The van der Waals surface area contributed by atoms with Gasteiger partial charge in [0.15, 0.2) is 0 Å².